The zero-order valence-corrected chi connectivity index (χ0v) is 18.3. The number of carbonyl (C=O) groups excluding carboxylic acids is 2. The molecule has 7 heteroatoms. The Labute approximate surface area is 190 Å². The zero-order chi connectivity index (χ0) is 22.9. The summed E-state index contributed by atoms with van der Waals surface area (Å²) in [7, 11) is 0. The van der Waals surface area contributed by atoms with Gasteiger partial charge in [0.25, 0.3) is 5.91 Å². The SMILES string of the molecule is CCn1c2ccccc2c2cc(NC(=O)C(C)OC(=O)c3cccc4nccnc34)ccc21. The Morgan fingerprint density at radius 1 is 0.970 bits per heavy atom. The molecule has 1 N–H and O–H groups in total. The molecule has 0 aliphatic carbocycles. The van der Waals surface area contributed by atoms with E-state index in [4.69, 9.17) is 4.74 Å². The first-order valence-corrected chi connectivity index (χ1v) is 10.8. The number of para-hydroxylation sites is 2. The second-order valence-electron chi connectivity index (χ2n) is 7.76. The molecule has 5 rings (SSSR count). The van der Waals surface area contributed by atoms with E-state index < -0.39 is 18.0 Å². The first kappa shape index (κ1) is 20.6. The standard InChI is InChI=1S/C26H22N4O3/c1-3-30-22-10-5-4-7-18(22)20-15-17(11-12-23(20)30)29-25(31)16(2)33-26(32)19-8-6-9-21-24(19)28-14-13-27-21/h4-16H,3H2,1-2H3,(H,29,31). The van der Waals surface area contributed by atoms with Crippen molar-refractivity contribution >= 4 is 50.4 Å². The van der Waals surface area contributed by atoms with Crippen molar-refractivity contribution in [2.24, 2.45) is 0 Å². The molecule has 33 heavy (non-hydrogen) atoms. The van der Waals surface area contributed by atoms with Crippen molar-refractivity contribution in [1.82, 2.24) is 14.5 Å². The Morgan fingerprint density at radius 2 is 1.76 bits per heavy atom. The third-order valence-corrected chi connectivity index (χ3v) is 5.73. The fourth-order valence-electron chi connectivity index (χ4n) is 4.15. The predicted molar refractivity (Wildman–Crippen MR) is 128 cm³/mol. The summed E-state index contributed by atoms with van der Waals surface area (Å²) in [6, 6.07) is 19.1. The molecule has 0 bridgehead atoms. The van der Waals surface area contributed by atoms with Crippen molar-refractivity contribution in [3.05, 3.63) is 78.6 Å². The van der Waals surface area contributed by atoms with Gasteiger partial charge in [0.15, 0.2) is 6.10 Å². The van der Waals surface area contributed by atoms with Crippen LogP contribution in [0.5, 0.6) is 0 Å². The molecule has 1 atom stereocenters. The van der Waals surface area contributed by atoms with Gasteiger partial charge < -0.3 is 14.6 Å². The quantitative estimate of drug-likeness (QED) is 0.393. The highest BCUT2D eigenvalue weighted by Gasteiger charge is 2.21. The van der Waals surface area contributed by atoms with E-state index >= 15 is 0 Å². The van der Waals surface area contributed by atoms with Gasteiger partial charge in [-0.05, 0) is 50.2 Å². The lowest BCUT2D eigenvalue weighted by molar-refractivity contribution is -0.123. The van der Waals surface area contributed by atoms with Crippen LogP contribution in [0, 0.1) is 0 Å². The van der Waals surface area contributed by atoms with Gasteiger partial charge in [-0.15, -0.1) is 0 Å². The van der Waals surface area contributed by atoms with Crippen molar-refractivity contribution in [3.8, 4) is 0 Å². The molecule has 0 saturated carbocycles. The van der Waals surface area contributed by atoms with Gasteiger partial charge in [-0.25, -0.2) is 4.79 Å². The van der Waals surface area contributed by atoms with Crippen LogP contribution < -0.4 is 5.32 Å². The topological polar surface area (TPSA) is 86.1 Å². The van der Waals surface area contributed by atoms with Crippen LogP contribution in [0.25, 0.3) is 32.8 Å². The molecular formula is C26H22N4O3. The van der Waals surface area contributed by atoms with Gasteiger partial charge in [-0.2, -0.15) is 0 Å². The number of rotatable bonds is 5. The number of nitrogens with zero attached hydrogens (tertiary/aromatic N) is 3. The minimum atomic E-state index is -0.989. The van der Waals surface area contributed by atoms with Crippen LogP contribution in [0.15, 0.2) is 73.1 Å². The monoisotopic (exact) mass is 438 g/mol. The lowest BCUT2D eigenvalue weighted by Gasteiger charge is -2.14. The minimum absolute atomic E-state index is 0.272. The second-order valence-corrected chi connectivity index (χ2v) is 7.76. The molecule has 1 amide bonds. The number of anilines is 1. The van der Waals surface area contributed by atoms with Crippen molar-refractivity contribution < 1.29 is 14.3 Å². The summed E-state index contributed by atoms with van der Waals surface area (Å²) in [6.45, 7) is 4.51. The summed E-state index contributed by atoms with van der Waals surface area (Å²) >= 11 is 0. The Hall–Kier alpha value is -4.26. The van der Waals surface area contributed by atoms with Crippen LogP contribution in [0.2, 0.25) is 0 Å². The third kappa shape index (κ3) is 3.67. The maximum absolute atomic E-state index is 12.8. The number of aryl methyl sites for hydroxylation is 1. The molecule has 5 aromatic rings. The minimum Gasteiger partial charge on any atom is -0.449 e. The number of hydrogen-bond acceptors (Lipinski definition) is 5. The molecule has 0 saturated heterocycles. The maximum Gasteiger partial charge on any atom is 0.341 e. The smallest absolute Gasteiger partial charge is 0.341 e. The average molecular weight is 438 g/mol. The highest BCUT2D eigenvalue weighted by molar-refractivity contribution is 6.10. The molecule has 2 heterocycles. The zero-order valence-electron chi connectivity index (χ0n) is 18.3. The molecule has 0 spiro atoms. The second kappa shape index (κ2) is 8.35. The number of nitrogens with one attached hydrogen (secondary N) is 1. The van der Waals surface area contributed by atoms with E-state index in [-0.39, 0.29) is 5.56 Å². The van der Waals surface area contributed by atoms with E-state index in [1.54, 1.807) is 31.3 Å². The van der Waals surface area contributed by atoms with Gasteiger partial charge in [0.1, 0.15) is 5.52 Å². The van der Waals surface area contributed by atoms with Crippen LogP contribution in [-0.2, 0) is 16.1 Å². The van der Waals surface area contributed by atoms with Gasteiger partial charge in [0.2, 0.25) is 0 Å². The molecule has 0 aliphatic rings. The van der Waals surface area contributed by atoms with Gasteiger partial charge >= 0.3 is 5.97 Å². The van der Waals surface area contributed by atoms with Crippen LogP contribution in [0.1, 0.15) is 24.2 Å². The summed E-state index contributed by atoms with van der Waals surface area (Å²) in [5.41, 5.74) is 4.20. The molecular weight excluding hydrogens is 416 g/mol. The highest BCUT2D eigenvalue weighted by Crippen LogP contribution is 2.31. The number of amides is 1. The number of hydrogen-bond donors (Lipinski definition) is 1. The van der Waals surface area contributed by atoms with Gasteiger partial charge in [0, 0.05) is 46.4 Å². The Morgan fingerprint density at radius 3 is 2.61 bits per heavy atom. The number of benzene rings is 3. The Balaban J connectivity index is 1.37. The Bertz CT molecular complexity index is 1520. The highest BCUT2D eigenvalue weighted by atomic mass is 16.5. The van der Waals surface area contributed by atoms with Crippen LogP contribution in [0.3, 0.4) is 0 Å². The summed E-state index contributed by atoms with van der Waals surface area (Å²) in [4.78, 5) is 33.9. The Kier molecular flexibility index (Phi) is 5.22. The summed E-state index contributed by atoms with van der Waals surface area (Å²) < 4.78 is 7.68. The van der Waals surface area contributed by atoms with Gasteiger partial charge in [-0.1, -0.05) is 24.3 Å². The number of fused-ring (bicyclic) bond motifs is 4. The predicted octanol–water partition coefficient (Wildman–Crippen LogP) is 4.94. The molecule has 0 radical (unpaired) electrons. The molecule has 1 unspecified atom stereocenters. The fourth-order valence-corrected chi connectivity index (χ4v) is 4.15. The summed E-state index contributed by atoms with van der Waals surface area (Å²) in [5, 5.41) is 5.05. The van der Waals surface area contributed by atoms with Crippen LogP contribution in [0.4, 0.5) is 5.69 Å². The molecule has 2 aromatic heterocycles. The first-order valence-electron chi connectivity index (χ1n) is 10.8. The summed E-state index contributed by atoms with van der Waals surface area (Å²) in [6.07, 6.45) is 2.08. The molecule has 7 nitrogen and oxygen atoms in total. The van der Waals surface area contributed by atoms with Crippen LogP contribution >= 0.6 is 0 Å². The molecule has 0 aliphatic heterocycles. The first-order chi connectivity index (χ1) is 16.1. The fraction of sp³-hybridized carbons (Fsp3) is 0.154. The van der Waals surface area contributed by atoms with Crippen LogP contribution in [-0.4, -0.2) is 32.5 Å². The molecule has 164 valence electrons. The normalized spacial score (nSPS) is 12.2. The number of aromatic nitrogens is 3. The summed E-state index contributed by atoms with van der Waals surface area (Å²) in [5.74, 6) is -1.03. The lowest BCUT2D eigenvalue weighted by atomic mass is 10.1. The van der Waals surface area contributed by atoms with Gasteiger partial charge in [0.05, 0.1) is 11.1 Å². The lowest BCUT2D eigenvalue weighted by Crippen LogP contribution is -2.30. The molecule has 0 fully saturated rings. The van der Waals surface area contributed by atoms with E-state index in [9.17, 15) is 9.59 Å². The molecule has 3 aromatic carbocycles. The van der Waals surface area contributed by atoms with E-state index in [1.165, 1.54) is 6.20 Å². The number of esters is 1. The van der Waals surface area contributed by atoms with E-state index in [2.05, 4.69) is 38.9 Å². The largest absolute Gasteiger partial charge is 0.449 e. The number of ether oxygens (including phenoxy) is 1. The third-order valence-electron chi connectivity index (χ3n) is 5.73. The van der Waals surface area contributed by atoms with E-state index in [0.29, 0.717) is 16.7 Å². The van der Waals surface area contributed by atoms with Crippen molar-refractivity contribution in [2.45, 2.75) is 26.5 Å². The maximum atomic E-state index is 12.8. The van der Waals surface area contributed by atoms with E-state index in [0.717, 1.165) is 28.4 Å². The van der Waals surface area contributed by atoms with E-state index in [1.807, 2.05) is 30.3 Å². The van der Waals surface area contributed by atoms with Crippen molar-refractivity contribution in [1.29, 1.82) is 0 Å². The number of carbonyl (C=O) groups is 2. The van der Waals surface area contributed by atoms with Crippen molar-refractivity contribution in [2.75, 3.05) is 5.32 Å². The van der Waals surface area contributed by atoms with Crippen molar-refractivity contribution in [3.63, 3.8) is 0 Å². The van der Waals surface area contributed by atoms with Gasteiger partial charge in [-0.3, -0.25) is 14.8 Å². The average Bonchev–Trinajstić information content (AvgIpc) is 3.16.